The highest BCUT2D eigenvalue weighted by Gasteiger charge is 2.31. The number of aliphatic hydroxyl groups excluding tert-OH is 1. The summed E-state index contributed by atoms with van der Waals surface area (Å²) in [7, 11) is -3.34. The summed E-state index contributed by atoms with van der Waals surface area (Å²) in [6, 6.07) is -0.0245. The molecule has 1 atom stereocenters. The molecule has 5 nitrogen and oxygen atoms in total. The molecule has 0 aliphatic carbocycles. The van der Waals surface area contributed by atoms with E-state index in [0.29, 0.717) is 6.61 Å². The van der Waals surface area contributed by atoms with Crippen molar-refractivity contribution in [1.82, 2.24) is 4.31 Å². The maximum absolute atomic E-state index is 12.4. The topological polar surface area (TPSA) is 66.8 Å². The van der Waals surface area contributed by atoms with Crippen LogP contribution in [0, 0.1) is 0 Å². The molecule has 1 aliphatic heterocycles. The first kappa shape index (κ1) is 15.9. The molecule has 1 aliphatic rings. The molecule has 0 aromatic heterocycles. The zero-order valence-electron chi connectivity index (χ0n) is 11.3. The minimum absolute atomic E-state index is 0.0245. The average Bonchev–Trinajstić information content (AvgIpc) is 2.81. The number of rotatable bonds is 8. The maximum Gasteiger partial charge on any atom is 0.216 e. The second-order valence-electron chi connectivity index (χ2n) is 4.72. The Labute approximate surface area is 110 Å². The summed E-state index contributed by atoms with van der Waals surface area (Å²) in [5.74, 6) is 0.0451. The van der Waals surface area contributed by atoms with E-state index in [1.54, 1.807) is 0 Å². The van der Waals surface area contributed by atoms with E-state index >= 15 is 0 Å². The Bertz CT molecular complexity index is 321. The molecule has 6 heteroatoms. The van der Waals surface area contributed by atoms with Gasteiger partial charge in [0, 0.05) is 19.2 Å². The van der Waals surface area contributed by atoms with Crippen LogP contribution in [0.4, 0.5) is 0 Å². The molecule has 1 unspecified atom stereocenters. The third kappa shape index (κ3) is 4.19. The fourth-order valence-electron chi connectivity index (χ4n) is 2.45. The molecule has 18 heavy (non-hydrogen) atoms. The summed E-state index contributed by atoms with van der Waals surface area (Å²) in [5.41, 5.74) is 0. The van der Waals surface area contributed by atoms with Gasteiger partial charge in [-0.05, 0) is 25.7 Å². The summed E-state index contributed by atoms with van der Waals surface area (Å²) >= 11 is 0. The Morgan fingerprint density at radius 2 is 2.06 bits per heavy atom. The van der Waals surface area contributed by atoms with Crippen molar-refractivity contribution in [3.05, 3.63) is 0 Å². The molecule has 108 valence electrons. The second-order valence-corrected chi connectivity index (χ2v) is 6.68. The highest BCUT2D eigenvalue weighted by Crippen LogP contribution is 2.19. The zero-order valence-corrected chi connectivity index (χ0v) is 12.2. The number of sulfonamides is 1. The molecule has 0 spiro atoms. The fraction of sp³-hybridized carbons (Fsp3) is 1.00. The predicted molar refractivity (Wildman–Crippen MR) is 70.9 cm³/mol. The van der Waals surface area contributed by atoms with E-state index in [-0.39, 0.29) is 31.1 Å². The van der Waals surface area contributed by atoms with E-state index in [4.69, 9.17) is 9.84 Å². The number of aliphatic hydroxyl groups is 1. The number of hydrogen-bond donors (Lipinski definition) is 1. The Kier molecular flexibility index (Phi) is 6.55. The van der Waals surface area contributed by atoms with E-state index in [9.17, 15) is 8.42 Å². The summed E-state index contributed by atoms with van der Waals surface area (Å²) in [5, 5.41) is 9.06. The Morgan fingerprint density at radius 3 is 2.50 bits per heavy atom. The van der Waals surface area contributed by atoms with Crippen molar-refractivity contribution in [2.75, 3.05) is 25.5 Å². The lowest BCUT2D eigenvalue weighted by Gasteiger charge is -2.29. The Morgan fingerprint density at radius 1 is 1.39 bits per heavy atom. The third-order valence-corrected chi connectivity index (χ3v) is 5.44. The van der Waals surface area contributed by atoms with Crippen LogP contribution in [0.1, 0.15) is 39.5 Å². The van der Waals surface area contributed by atoms with Gasteiger partial charge in [-0.25, -0.2) is 8.42 Å². The van der Waals surface area contributed by atoms with Gasteiger partial charge in [0.05, 0.1) is 18.5 Å². The van der Waals surface area contributed by atoms with Crippen LogP contribution in [0.15, 0.2) is 0 Å². The first-order chi connectivity index (χ1) is 8.55. The van der Waals surface area contributed by atoms with Gasteiger partial charge in [0.15, 0.2) is 0 Å². The molecule has 0 saturated carbocycles. The second kappa shape index (κ2) is 7.43. The van der Waals surface area contributed by atoms with E-state index in [0.717, 1.165) is 25.7 Å². The molecule has 1 rings (SSSR count). The molecule has 0 radical (unpaired) electrons. The third-order valence-electron chi connectivity index (χ3n) is 3.45. The molecule has 0 aromatic rings. The van der Waals surface area contributed by atoms with Gasteiger partial charge in [0.1, 0.15) is 0 Å². The lowest BCUT2D eigenvalue weighted by molar-refractivity contribution is 0.125. The smallest absolute Gasteiger partial charge is 0.216 e. The van der Waals surface area contributed by atoms with Gasteiger partial charge in [-0.1, -0.05) is 13.8 Å². The fourth-order valence-corrected chi connectivity index (χ4v) is 4.49. The number of hydrogen-bond acceptors (Lipinski definition) is 4. The van der Waals surface area contributed by atoms with Crippen LogP contribution in [0.3, 0.4) is 0 Å². The lowest BCUT2D eigenvalue weighted by atomic mass is 10.2. The molecular formula is C12H25NO4S. The van der Waals surface area contributed by atoms with Crippen molar-refractivity contribution >= 4 is 10.0 Å². The molecule has 0 aromatic carbocycles. The van der Waals surface area contributed by atoms with Crippen molar-refractivity contribution in [1.29, 1.82) is 0 Å². The van der Waals surface area contributed by atoms with Crippen LogP contribution < -0.4 is 0 Å². The zero-order chi connectivity index (χ0) is 13.6. The van der Waals surface area contributed by atoms with Crippen LogP contribution in [-0.2, 0) is 14.8 Å². The lowest BCUT2D eigenvalue weighted by Crippen LogP contribution is -2.44. The molecule has 1 saturated heterocycles. The van der Waals surface area contributed by atoms with Gasteiger partial charge in [0.25, 0.3) is 0 Å². The number of ether oxygens (including phenoxy) is 1. The van der Waals surface area contributed by atoms with Crippen molar-refractivity contribution in [2.24, 2.45) is 0 Å². The first-order valence-electron chi connectivity index (χ1n) is 6.77. The molecule has 1 N–H and O–H groups in total. The van der Waals surface area contributed by atoms with Gasteiger partial charge in [-0.3, -0.25) is 0 Å². The maximum atomic E-state index is 12.4. The van der Waals surface area contributed by atoms with E-state index in [2.05, 4.69) is 0 Å². The van der Waals surface area contributed by atoms with Gasteiger partial charge in [-0.15, -0.1) is 0 Å². The summed E-state index contributed by atoms with van der Waals surface area (Å²) in [6.07, 6.45) is 3.11. The molecule has 1 fully saturated rings. The normalized spacial score (nSPS) is 21.1. The first-order valence-corrected chi connectivity index (χ1v) is 8.38. The minimum Gasteiger partial charge on any atom is -0.395 e. The van der Waals surface area contributed by atoms with Crippen molar-refractivity contribution < 1.29 is 18.3 Å². The minimum atomic E-state index is -3.34. The van der Waals surface area contributed by atoms with Gasteiger partial charge in [-0.2, -0.15) is 4.31 Å². The summed E-state index contributed by atoms with van der Waals surface area (Å²) in [6.45, 7) is 4.65. The quantitative estimate of drug-likeness (QED) is 0.719. The van der Waals surface area contributed by atoms with E-state index in [1.807, 2.05) is 13.8 Å². The SMILES string of the molecule is CCC(CC)N(CCO)S(=O)(=O)CC1CCCO1. The van der Waals surface area contributed by atoms with Gasteiger partial charge >= 0.3 is 0 Å². The largest absolute Gasteiger partial charge is 0.395 e. The average molecular weight is 279 g/mol. The van der Waals surface area contributed by atoms with Crippen LogP contribution in [0.2, 0.25) is 0 Å². The predicted octanol–water partition coefficient (Wildman–Crippen LogP) is 0.978. The van der Waals surface area contributed by atoms with Crippen LogP contribution in [-0.4, -0.2) is 55.5 Å². The molecule has 1 heterocycles. The van der Waals surface area contributed by atoms with Crippen molar-refractivity contribution in [3.63, 3.8) is 0 Å². The molecule has 0 bridgehead atoms. The van der Waals surface area contributed by atoms with Crippen LogP contribution >= 0.6 is 0 Å². The van der Waals surface area contributed by atoms with Crippen LogP contribution in [0.25, 0.3) is 0 Å². The standard InChI is InChI=1S/C12H25NO4S/c1-3-11(4-2)13(7-8-14)18(15,16)10-12-6-5-9-17-12/h11-12,14H,3-10H2,1-2H3. The Balaban J connectivity index is 2.74. The van der Waals surface area contributed by atoms with Crippen LogP contribution in [0.5, 0.6) is 0 Å². The highest BCUT2D eigenvalue weighted by molar-refractivity contribution is 7.89. The summed E-state index contributed by atoms with van der Waals surface area (Å²) < 4.78 is 31.6. The number of nitrogens with zero attached hydrogens (tertiary/aromatic N) is 1. The van der Waals surface area contributed by atoms with Crippen molar-refractivity contribution in [2.45, 2.75) is 51.7 Å². The molecular weight excluding hydrogens is 254 g/mol. The molecule has 0 amide bonds. The van der Waals surface area contributed by atoms with E-state index in [1.165, 1.54) is 4.31 Å². The highest BCUT2D eigenvalue weighted by atomic mass is 32.2. The van der Waals surface area contributed by atoms with E-state index < -0.39 is 10.0 Å². The summed E-state index contributed by atoms with van der Waals surface area (Å²) in [4.78, 5) is 0. The monoisotopic (exact) mass is 279 g/mol. The van der Waals surface area contributed by atoms with Gasteiger partial charge < -0.3 is 9.84 Å². The Hall–Kier alpha value is -0.170. The van der Waals surface area contributed by atoms with Crippen molar-refractivity contribution in [3.8, 4) is 0 Å². The van der Waals surface area contributed by atoms with Gasteiger partial charge in [0.2, 0.25) is 10.0 Å².